The molecule has 90 valence electrons. The van der Waals surface area contributed by atoms with Gasteiger partial charge in [-0.05, 0) is 28.4 Å². The number of alkyl halides is 3. The Bertz CT molecular complexity index is 364. The molecule has 0 saturated heterocycles. The summed E-state index contributed by atoms with van der Waals surface area (Å²) in [6, 6.07) is 3.45. The van der Waals surface area contributed by atoms with E-state index in [4.69, 9.17) is 5.73 Å². The highest BCUT2D eigenvalue weighted by Gasteiger charge is 2.28. The van der Waals surface area contributed by atoms with Crippen molar-refractivity contribution in [1.29, 1.82) is 0 Å². The van der Waals surface area contributed by atoms with Crippen molar-refractivity contribution in [2.45, 2.75) is 25.1 Å². The highest BCUT2D eigenvalue weighted by atomic mass is 79.9. The van der Waals surface area contributed by atoms with Gasteiger partial charge in [0, 0.05) is 18.0 Å². The zero-order valence-electron chi connectivity index (χ0n) is 8.19. The molecule has 16 heavy (non-hydrogen) atoms. The first kappa shape index (κ1) is 13.4. The van der Waals surface area contributed by atoms with Crippen LogP contribution in [0, 0.1) is 5.82 Å². The molecule has 0 saturated carbocycles. The van der Waals surface area contributed by atoms with Gasteiger partial charge in [0.1, 0.15) is 5.82 Å². The van der Waals surface area contributed by atoms with E-state index in [1.807, 2.05) is 0 Å². The third-order valence-corrected chi connectivity index (χ3v) is 2.73. The van der Waals surface area contributed by atoms with Crippen LogP contribution in [-0.4, -0.2) is 6.18 Å². The molecule has 0 fully saturated rings. The van der Waals surface area contributed by atoms with Gasteiger partial charge in [-0.2, -0.15) is 13.2 Å². The summed E-state index contributed by atoms with van der Waals surface area (Å²) >= 11 is 2.95. The Labute approximate surface area is 98.8 Å². The number of nitrogens with two attached hydrogens (primary N) is 1. The molecule has 0 unspecified atom stereocenters. The Morgan fingerprint density at radius 1 is 1.31 bits per heavy atom. The Kier molecular flexibility index (Phi) is 4.32. The average molecular weight is 300 g/mol. The molecule has 1 aromatic carbocycles. The minimum absolute atomic E-state index is 0.0959. The topological polar surface area (TPSA) is 26.0 Å². The quantitative estimate of drug-likeness (QED) is 0.841. The van der Waals surface area contributed by atoms with Crippen molar-refractivity contribution >= 4 is 15.9 Å². The van der Waals surface area contributed by atoms with E-state index < -0.39 is 24.5 Å². The van der Waals surface area contributed by atoms with E-state index in [9.17, 15) is 17.6 Å². The first-order valence-electron chi connectivity index (χ1n) is 4.57. The molecule has 0 bridgehead atoms. The smallest absolute Gasteiger partial charge is 0.324 e. The third-order valence-electron chi connectivity index (χ3n) is 2.12. The summed E-state index contributed by atoms with van der Waals surface area (Å²) in [5, 5.41) is 0. The third kappa shape index (κ3) is 3.75. The van der Waals surface area contributed by atoms with Crippen LogP contribution in [0.2, 0.25) is 0 Å². The number of hydrogen-bond acceptors (Lipinski definition) is 1. The van der Waals surface area contributed by atoms with Crippen molar-refractivity contribution in [3.8, 4) is 0 Å². The lowest BCUT2D eigenvalue weighted by atomic mass is 10.0. The molecular weight excluding hydrogens is 290 g/mol. The Morgan fingerprint density at radius 2 is 1.94 bits per heavy atom. The Hall–Kier alpha value is -0.620. The van der Waals surface area contributed by atoms with Crippen LogP contribution in [0.25, 0.3) is 0 Å². The molecule has 0 aromatic heterocycles. The molecule has 0 aliphatic rings. The van der Waals surface area contributed by atoms with Gasteiger partial charge in [0.25, 0.3) is 0 Å². The minimum atomic E-state index is -4.26. The second-order valence-electron chi connectivity index (χ2n) is 3.40. The van der Waals surface area contributed by atoms with E-state index in [-0.39, 0.29) is 16.5 Å². The van der Waals surface area contributed by atoms with Crippen LogP contribution >= 0.6 is 15.9 Å². The van der Waals surface area contributed by atoms with Gasteiger partial charge in [-0.1, -0.05) is 12.1 Å². The van der Waals surface area contributed by atoms with Crippen LogP contribution in [0.1, 0.15) is 24.4 Å². The van der Waals surface area contributed by atoms with Gasteiger partial charge in [0.15, 0.2) is 0 Å². The monoisotopic (exact) mass is 299 g/mol. The van der Waals surface area contributed by atoms with E-state index in [1.54, 1.807) is 0 Å². The van der Waals surface area contributed by atoms with Crippen LogP contribution < -0.4 is 5.73 Å². The summed E-state index contributed by atoms with van der Waals surface area (Å²) in [5.74, 6) is -0.600. The molecule has 0 aliphatic heterocycles. The fourth-order valence-corrected chi connectivity index (χ4v) is 1.66. The normalized spacial score (nSPS) is 13.9. The van der Waals surface area contributed by atoms with Crippen molar-refractivity contribution in [2.24, 2.45) is 5.73 Å². The van der Waals surface area contributed by atoms with Gasteiger partial charge in [-0.3, -0.25) is 0 Å². The molecule has 1 nitrogen and oxygen atoms in total. The molecule has 0 radical (unpaired) electrons. The maximum atomic E-state index is 13.5. The standard InChI is InChI=1S/C10H10BrF4N/c11-7-3-1-2-6(9(7)12)8(16)4-5-10(13,14)15/h1-3,8H,4-5,16H2/t8-/m1/s1. The molecule has 2 N–H and O–H groups in total. The average Bonchev–Trinajstić information content (AvgIpc) is 2.17. The molecule has 1 rings (SSSR count). The van der Waals surface area contributed by atoms with Crippen LogP contribution in [-0.2, 0) is 0 Å². The molecule has 0 aliphatic carbocycles. The van der Waals surface area contributed by atoms with E-state index in [1.165, 1.54) is 18.2 Å². The van der Waals surface area contributed by atoms with Crippen molar-refractivity contribution in [1.82, 2.24) is 0 Å². The van der Waals surface area contributed by atoms with Crippen molar-refractivity contribution < 1.29 is 17.6 Å². The van der Waals surface area contributed by atoms with E-state index in [0.717, 1.165) is 0 Å². The van der Waals surface area contributed by atoms with Crippen molar-refractivity contribution in [2.75, 3.05) is 0 Å². The molecular formula is C10H10BrF4N. The van der Waals surface area contributed by atoms with E-state index in [2.05, 4.69) is 15.9 Å². The lowest BCUT2D eigenvalue weighted by Gasteiger charge is -2.14. The Balaban J connectivity index is 2.73. The molecule has 1 atom stereocenters. The summed E-state index contributed by atoms with van der Waals surface area (Å²) < 4.78 is 49.5. The maximum Gasteiger partial charge on any atom is 0.389 e. The minimum Gasteiger partial charge on any atom is -0.324 e. The highest BCUT2D eigenvalue weighted by Crippen LogP contribution is 2.29. The molecule has 6 heteroatoms. The van der Waals surface area contributed by atoms with E-state index in [0.29, 0.717) is 0 Å². The summed E-state index contributed by atoms with van der Waals surface area (Å²) in [5.41, 5.74) is 5.61. The molecule has 1 aromatic rings. The second-order valence-corrected chi connectivity index (χ2v) is 4.26. The number of benzene rings is 1. The predicted molar refractivity (Wildman–Crippen MR) is 56.3 cm³/mol. The van der Waals surface area contributed by atoms with Crippen molar-refractivity contribution in [3.63, 3.8) is 0 Å². The summed E-state index contributed by atoms with van der Waals surface area (Å²) in [7, 11) is 0. The van der Waals surface area contributed by atoms with Gasteiger partial charge in [-0.25, -0.2) is 4.39 Å². The van der Waals surface area contributed by atoms with Gasteiger partial charge in [0.2, 0.25) is 0 Å². The van der Waals surface area contributed by atoms with Gasteiger partial charge in [-0.15, -0.1) is 0 Å². The zero-order valence-corrected chi connectivity index (χ0v) is 9.78. The summed E-state index contributed by atoms with van der Waals surface area (Å²) in [6.45, 7) is 0. The fourth-order valence-electron chi connectivity index (χ4n) is 1.28. The molecule has 0 spiro atoms. The van der Waals surface area contributed by atoms with Crippen LogP contribution in [0.4, 0.5) is 17.6 Å². The van der Waals surface area contributed by atoms with Gasteiger partial charge in [0.05, 0.1) is 4.47 Å². The summed E-state index contributed by atoms with van der Waals surface area (Å²) in [6.07, 6.45) is -5.60. The highest BCUT2D eigenvalue weighted by molar-refractivity contribution is 9.10. The lowest BCUT2D eigenvalue weighted by Crippen LogP contribution is -2.17. The van der Waals surface area contributed by atoms with E-state index >= 15 is 0 Å². The second kappa shape index (κ2) is 5.14. The van der Waals surface area contributed by atoms with Crippen LogP contribution in [0.3, 0.4) is 0 Å². The first-order chi connectivity index (χ1) is 7.31. The van der Waals surface area contributed by atoms with Crippen LogP contribution in [0.15, 0.2) is 22.7 Å². The SMILES string of the molecule is N[C@H](CCC(F)(F)F)c1cccc(Br)c1F. The van der Waals surface area contributed by atoms with Gasteiger partial charge < -0.3 is 5.73 Å². The van der Waals surface area contributed by atoms with Crippen LogP contribution in [0.5, 0.6) is 0 Å². The maximum absolute atomic E-state index is 13.5. The fraction of sp³-hybridized carbons (Fsp3) is 0.400. The Morgan fingerprint density at radius 3 is 2.50 bits per heavy atom. The summed E-state index contributed by atoms with van der Waals surface area (Å²) in [4.78, 5) is 0. The first-order valence-corrected chi connectivity index (χ1v) is 5.37. The largest absolute Gasteiger partial charge is 0.389 e. The van der Waals surface area contributed by atoms with Gasteiger partial charge >= 0.3 is 6.18 Å². The zero-order chi connectivity index (χ0) is 12.3. The number of rotatable bonds is 3. The predicted octanol–water partition coefficient (Wildman–Crippen LogP) is 3.93. The number of halogens is 5. The molecule has 0 heterocycles. The number of hydrogen-bond donors (Lipinski definition) is 1. The van der Waals surface area contributed by atoms with Crippen molar-refractivity contribution in [3.05, 3.63) is 34.1 Å². The molecule has 0 amide bonds. The lowest BCUT2D eigenvalue weighted by molar-refractivity contribution is -0.136.